The zero-order chi connectivity index (χ0) is 23.0. The molecule has 1 atom stereocenters. The van der Waals surface area contributed by atoms with Crippen molar-refractivity contribution in [3.63, 3.8) is 0 Å². The van der Waals surface area contributed by atoms with E-state index < -0.39 is 0 Å². The molecule has 1 heterocycles. The van der Waals surface area contributed by atoms with E-state index in [2.05, 4.69) is 60.8 Å². The molecule has 0 saturated carbocycles. The Bertz CT molecular complexity index is 1180. The molecule has 4 aromatic rings. The number of hydrogen-bond donors (Lipinski definition) is 0. The Morgan fingerprint density at radius 2 is 1.82 bits per heavy atom. The Kier molecular flexibility index (Phi) is 7.61. The van der Waals surface area contributed by atoms with Crippen molar-refractivity contribution in [1.82, 2.24) is 9.55 Å². The van der Waals surface area contributed by atoms with Crippen molar-refractivity contribution >= 4 is 13.0 Å². The van der Waals surface area contributed by atoms with Crippen molar-refractivity contribution in [2.24, 2.45) is 0 Å². The molecule has 0 N–H and O–H groups in total. The van der Waals surface area contributed by atoms with Crippen LogP contribution in [-0.2, 0) is 0 Å². The third-order valence-corrected chi connectivity index (χ3v) is 5.91. The van der Waals surface area contributed by atoms with Crippen molar-refractivity contribution in [3.05, 3.63) is 108 Å². The molecule has 0 aliphatic carbocycles. The van der Waals surface area contributed by atoms with Gasteiger partial charge in [0, 0.05) is 29.6 Å². The highest BCUT2D eigenvalue weighted by atomic mass is 19.1. The zero-order valence-electron chi connectivity index (χ0n) is 19.2. The Hall–Kier alpha value is -3.34. The summed E-state index contributed by atoms with van der Waals surface area (Å²) in [7, 11) is 2.17. The lowest BCUT2D eigenvalue weighted by Gasteiger charge is -2.21. The number of aromatic nitrogens is 2. The number of rotatable bonds is 10. The van der Waals surface area contributed by atoms with Crippen LogP contribution in [0.25, 0.3) is 5.69 Å². The first-order chi connectivity index (χ1) is 16.2. The Morgan fingerprint density at radius 3 is 2.61 bits per heavy atom. The second-order valence-corrected chi connectivity index (χ2v) is 8.16. The second-order valence-electron chi connectivity index (χ2n) is 8.16. The van der Waals surface area contributed by atoms with Crippen molar-refractivity contribution in [3.8, 4) is 11.4 Å². The summed E-state index contributed by atoms with van der Waals surface area (Å²) in [6.07, 6.45) is 6.63. The summed E-state index contributed by atoms with van der Waals surface area (Å²) in [6, 6.07) is 23.8. The molecule has 4 rings (SSSR count). The number of nitrogens with zero attached hydrogens (tertiary/aromatic N) is 2. The van der Waals surface area contributed by atoms with Gasteiger partial charge in [0.05, 0.1) is 12.3 Å². The van der Waals surface area contributed by atoms with E-state index in [4.69, 9.17) is 4.74 Å². The third kappa shape index (κ3) is 5.54. The van der Waals surface area contributed by atoms with Crippen LogP contribution in [0.3, 0.4) is 0 Å². The highest BCUT2D eigenvalue weighted by molar-refractivity contribution is 6.51. The Morgan fingerprint density at radius 1 is 1.03 bits per heavy atom. The van der Waals surface area contributed by atoms with Gasteiger partial charge in [0.2, 0.25) is 7.28 Å². The van der Waals surface area contributed by atoms with Gasteiger partial charge in [-0.2, -0.15) is 0 Å². The molecule has 3 aromatic carbocycles. The maximum atomic E-state index is 13.5. The van der Waals surface area contributed by atoms with E-state index in [9.17, 15) is 4.39 Å². The Labute approximate surface area is 196 Å². The van der Waals surface area contributed by atoms with Crippen molar-refractivity contribution in [2.75, 3.05) is 6.61 Å². The van der Waals surface area contributed by atoms with Crippen LogP contribution in [0, 0.1) is 12.7 Å². The van der Waals surface area contributed by atoms with Crippen molar-refractivity contribution in [2.45, 2.75) is 38.9 Å². The van der Waals surface area contributed by atoms with Crippen LogP contribution >= 0.6 is 0 Å². The van der Waals surface area contributed by atoms with E-state index in [0.717, 1.165) is 41.9 Å². The highest BCUT2D eigenvalue weighted by Gasteiger charge is 2.18. The molecule has 1 radical (unpaired) electrons. The van der Waals surface area contributed by atoms with Crippen LogP contribution in [0.5, 0.6) is 5.75 Å². The fourth-order valence-corrected chi connectivity index (χ4v) is 4.35. The monoisotopic (exact) mass is 439 g/mol. The topological polar surface area (TPSA) is 27.1 Å². The smallest absolute Gasteiger partial charge is 0.202 e. The fourth-order valence-electron chi connectivity index (χ4n) is 4.35. The maximum absolute atomic E-state index is 13.5. The summed E-state index contributed by atoms with van der Waals surface area (Å²) >= 11 is 0. The molecule has 33 heavy (non-hydrogen) atoms. The van der Waals surface area contributed by atoms with Crippen LogP contribution < -0.4 is 10.5 Å². The summed E-state index contributed by atoms with van der Waals surface area (Å²) in [5, 5.41) is 0. The Balaban J connectivity index is 1.47. The van der Waals surface area contributed by atoms with Crippen LogP contribution in [0.4, 0.5) is 4.39 Å². The predicted molar refractivity (Wildman–Crippen MR) is 134 cm³/mol. The number of ether oxygens (including phenoxy) is 1. The molecule has 0 bridgehead atoms. The molecule has 0 aliphatic rings. The molecule has 5 heteroatoms. The summed E-state index contributed by atoms with van der Waals surface area (Å²) in [5.74, 6) is 1.00. The number of benzene rings is 3. The average Bonchev–Trinajstić information content (AvgIpc) is 3.29. The lowest BCUT2D eigenvalue weighted by molar-refractivity contribution is 0.334. The zero-order valence-corrected chi connectivity index (χ0v) is 19.2. The number of imidazole rings is 1. The van der Waals surface area contributed by atoms with Crippen LogP contribution in [0.15, 0.2) is 85.2 Å². The number of aryl methyl sites for hydroxylation is 1. The molecule has 0 spiro atoms. The molecule has 0 amide bonds. The number of hydrogen-bond acceptors (Lipinski definition) is 2. The third-order valence-electron chi connectivity index (χ3n) is 5.91. The SMILES string of the molecule is CCOc1ccccc1C(CCC[B]c1nccn1-c1ccc(F)cc1C)c1ccccc1. The first-order valence-electron chi connectivity index (χ1n) is 11.6. The summed E-state index contributed by atoms with van der Waals surface area (Å²) < 4.78 is 21.5. The van der Waals surface area contributed by atoms with E-state index >= 15 is 0 Å². The van der Waals surface area contributed by atoms with Crippen LogP contribution in [0.1, 0.15) is 42.4 Å². The summed E-state index contributed by atoms with van der Waals surface area (Å²) in [5.41, 5.74) is 5.25. The summed E-state index contributed by atoms with van der Waals surface area (Å²) in [6.45, 7) is 4.59. The quantitative estimate of drug-likeness (QED) is 0.221. The largest absolute Gasteiger partial charge is 0.494 e. The first kappa shape index (κ1) is 22.8. The highest BCUT2D eigenvalue weighted by Crippen LogP contribution is 2.35. The normalized spacial score (nSPS) is 11.8. The van der Waals surface area contributed by atoms with Gasteiger partial charge in [0.1, 0.15) is 11.6 Å². The summed E-state index contributed by atoms with van der Waals surface area (Å²) in [4.78, 5) is 4.52. The molecule has 1 unspecified atom stereocenters. The predicted octanol–water partition coefficient (Wildman–Crippen LogP) is 6.08. The van der Waals surface area contributed by atoms with Gasteiger partial charge in [0.25, 0.3) is 0 Å². The van der Waals surface area contributed by atoms with Crippen LogP contribution in [-0.4, -0.2) is 23.4 Å². The lowest BCUT2D eigenvalue weighted by Crippen LogP contribution is -2.25. The van der Waals surface area contributed by atoms with Crippen molar-refractivity contribution in [1.29, 1.82) is 0 Å². The molecule has 1 aromatic heterocycles. The van der Waals surface area contributed by atoms with Gasteiger partial charge < -0.3 is 9.30 Å². The van der Waals surface area contributed by atoms with Gasteiger partial charge in [-0.25, -0.2) is 4.39 Å². The van der Waals surface area contributed by atoms with Gasteiger partial charge in [-0.05, 0) is 55.7 Å². The fraction of sp³-hybridized carbons (Fsp3) is 0.250. The molecule has 167 valence electrons. The van der Waals surface area contributed by atoms with Crippen LogP contribution in [0.2, 0.25) is 6.32 Å². The minimum Gasteiger partial charge on any atom is -0.494 e. The number of para-hydroxylation sites is 1. The van der Waals surface area contributed by atoms with E-state index in [0.29, 0.717) is 6.61 Å². The standard InChI is InChI=1S/C28H29BFN2O/c1-3-33-27-14-8-7-12-25(27)24(22-10-5-4-6-11-22)13-9-17-29-28-31-18-19-32(28)26-16-15-23(30)20-21(26)2/h4-8,10-12,14-16,18-20,24H,3,9,13,17H2,1-2H3. The molecule has 0 saturated heterocycles. The maximum Gasteiger partial charge on any atom is 0.202 e. The van der Waals surface area contributed by atoms with E-state index in [1.54, 1.807) is 18.3 Å². The van der Waals surface area contributed by atoms with Gasteiger partial charge in [0.15, 0.2) is 0 Å². The number of halogens is 1. The van der Waals surface area contributed by atoms with E-state index in [-0.39, 0.29) is 11.7 Å². The first-order valence-corrected chi connectivity index (χ1v) is 11.6. The van der Waals surface area contributed by atoms with E-state index in [1.165, 1.54) is 17.2 Å². The minimum atomic E-state index is -0.221. The van der Waals surface area contributed by atoms with Gasteiger partial charge in [-0.3, -0.25) is 4.98 Å². The molecular weight excluding hydrogens is 410 g/mol. The molecule has 0 aliphatic heterocycles. The van der Waals surface area contributed by atoms with Gasteiger partial charge in [-0.15, -0.1) is 0 Å². The average molecular weight is 439 g/mol. The second kappa shape index (κ2) is 11.0. The van der Waals surface area contributed by atoms with Gasteiger partial charge >= 0.3 is 0 Å². The molecule has 3 nitrogen and oxygen atoms in total. The molecular formula is C28H29BFN2O. The van der Waals surface area contributed by atoms with E-state index in [1.807, 2.05) is 30.7 Å². The van der Waals surface area contributed by atoms with Gasteiger partial charge in [-0.1, -0.05) is 61.3 Å². The minimum absolute atomic E-state index is 0.221. The lowest BCUT2D eigenvalue weighted by atomic mass is 9.70. The molecule has 0 fully saturated rings. The van der Waals surface area contributed by atoms with Crippen molar-refractivity contribution < 1.29 is 9.13 Å².